The molecule has 0 saturated carbocycles. The van der Waals surface area contributed by atoms with Gasteiger partial charge in [0.1, 0.15) is 18.1 Å². The van der Waals surface area contributed by atoms with Crippen molar-refractivity contribution in [3.05, 3.63) is 23.8 Å². The Morgan fingerprint density at radius 2 is 2.23 bits per heavy atom. The van der Waals surface area contributed by atoms with E-state index in [0.29, 0.717) is 0 Å². The highest BCUT2D eigenvalue weighted by atomic mass is 16.5. The summed E-state index contributed by atoms with van der Waals surface area (Å²) >= 11 is 0. The van der Waals surface area contributed by atoms with Crippen molar-refractivity contribution in [1.82, 2.24) is 0 Å². The molecule has 0 spiro atoms. The molecule has 2 heteroatoms. The first-order valence-corrected chi connectivity index (χ1v) is 3.99. The van der Waals surface area contributed by atoms with Gasteiger partial charge >= 0.3 is 0 Å². The fraction of sp³-hybridized carbons (Fsp3) is 0.273. The zero-order chi connectivity index (χ0) is 9.68. The molecule has 0 fully saturated rings. The highest BCUT2D eigenvalue weighted by molar-refractivity contribution is 5.39. The second kappa shape index (κ2) is 4.42. The Hall–Kier alpha value is -1.62. The number of benzene rings is 1. The van der Waals surface area contributed by atoms with Crippen molar-refractivity contribution in [3.8, 4) is 23.8 Å². The highest BCUT2D eigenvalue weighted by Gasteiger charge is 1.99. The van der Waals surface area contributed by atoms with Gasteiger partial charge in [0.2, 0.25) is 0 Å². The summed E-state index contributed by atoms with van der Waals surface area (Å²) in [4.78, 5) is 0. The predicted molar refractivity (Wildman–Crippen MR) is 52.1 cm³/mol. The van der Waals surface area contributed by atoms with Gasteiger partial charge in [0, 0.05) is 6.07 Å². The number of aryl methyl sites for hydroxylation is 1. The van der Waals surface area contributed by atoms with Crippen molar-refractivity contribution in [3.63, 3.8) is 0 Å². The van der Waals surface area contributed by atoms with Crippen LogP contribution in [0.2, 0.25) is 0 Å². The Morgan fingerprint density at radius 1 is 1.46 bits per heavy atom. The van der Waals surface area contributed by atoms with E-state index in [1.807, 2.05) is 25.1 Å². The lowest BCUT2D eigenvalue weighted by Crippen LogP contribution is -1.94. The van der Waals surface area contributed by atoms with E-state index in [2.05, 4.69) is 5.92 Å². The topological polar surface area (TPSA) is 18.5 Å². The fourth-order valence-corrected chi connectivity index (χ4v) is 1.02. The molecule has 0 aliphatic carbocycles. The largest absolute Gasteiger partial charge is 0.496 e. The molecule has 1 rings (SSSR count). The van der Waals surface area contributed by atoms with Crippen molar-refractivity contribution in [1.29, 1.82) is 0 Å². The predicted octanol–water partition coefficient (Wildman–Crippen LogP) is 2.02. The molecule has 0 aliphatic heterocycles. The molecule has 0 aromatic heterocycles. The molecule has 0 aliphatic rings. The average Bonchev–Trinajstić information content (AvgIpc) is 2.16. The fourth-order valence-electron chi connectivity index (χ4n) is 1.02. The minimum absolute atomic E-state index is 0.284. The molecule has 2 nitrogen and oxygen atoms in total. The van der Waals surface area contributed by atoms with Crippen LogP contribution in [0.5, 0.6) is 11.5 Å². The van der Waals surface area contributed by atoms with Gasteiger partial charge in [-0.15, -0.1) is 6.42 Å². The van der Waals surface area contributed by atoms with Gasteiger partial charge in [-0.05, 0) is 18.6 Å². The van der Waals surface area contributed by atoms with E-state index < -0.39 is 0 Å². The monoisotopic (exact) mass is 176 g/mol. The van der Waals surface area contributed by atoms with Gasteiger partial charge in [-0.3, -0.25) is 0 Å². The number of ether oxygens (including phenoxy) is 2. The van der Waals surface area contributed by atoms with Crippen LogP contribution < -0.4 is 9.47 Å². The summed E-state index contributed by atoms with van der Waals surface area (Å²) in [6.07, 6.45) is 5.07. The van der Waals surface area contributed by atoms with E-state index in [1.54, 1.807) is 7.11 Å². The summed E-state index contributed by atoms with van der Waals surface area (Å²) in [5.74, 6) is 3.96. The maximum absolute atomic E-state index is 5.24. The first kappa shape index (κ1) is 9.47. The molecule has 0 amide bonds. The van der Waals surface area contributed by atoms with Gasteiger partial charge in [0.05, 0.1) is 7.11 Å². The maximum atomic E-state index is 5.24. The second-order valence-corrected chi connectivity index (χ2v) is 2.62. The molecule has 0 heterocycles. The van der Waals surface area contributed by atoms with Gasteiger partial charge in [0.25, 0.3) is 0 Å². The molecule has 0 radical (unpaired) electrons. The third kappa shape index (κ3) is 2.41. The number of terminal acetylenes is 1. The SMILES string of the molecule is C#CCOc1ccc(C)c(OC)c1. The van der Waals surface area contributed by atoms with Crippen LogP contribution in [0.25, 0.3) is 0 Å². The Morgan fingerprint density at radius 3 is 2.85 bits per heavy atom. The summed E-state index contributed by atoms with van der Waals surface area (Å²) in [6.45, 7) is 2.26. The summed E-state index contributed by atoms with van der Waals surface area (Å²) < 4.78 is 10.4. The van der Waals surface area contributed by atoms with Gasteiger partial charge in [0.15, 0.2) is 0 Å². The smallest absolute Gasteiger partial charge is 0.148 e. The Labute approximate surface area is 78.5 Å². The first-order chi connectivity index (χ1) is 6.27. The van der Waals surface area contributed by atoms with Crippen molar-refractivity contribution in [2.45, 2.75) is 6.92 Å². The molecular formula is C11H12O2. The molecule has 0 unspecified atom stereocenters. The zero-order valence-corrected chi connectivity index (χ0v) is 7.83. The quantitative estimate of drug-likeness (QED) is 0.656. The number of rotatable bonds is 3. The van der Waals surface area contributed by atoms with Crippen LogP contribution in [0.4, 0.5) is 0 Å². The molecule has 13 heavy (non-hydrogen) atoms. The summed E-state index contributed by atoms with van der Waals surface area (Å²) in [6, 6.07) is 5.63. The Bertz CT molecular complexity index is 323. The standard InChI is InChI=1S/C11H12O2/c1-4-7-13-10-6-5-9(2)11(8-10)12-3/h1,5-6,8H,7H2,2-3H3. The van der Waals surface area contributed by atoms with E-state index in [0.717, 1.165) is 17.1 Å². The molecule has 68 valence electrons. The normalized spacial score (nSPS) is 9.00. The number of hydrogen-bond donors (Lipinski definition) is 0. The zero-order valence-electron chi connectivity index (χ0n) is 7.83. The molecule has 1 aromatic carbocycles. The van der Waals surface area contributed by atoms with Crippen LogP contribution in [0, 0.1) is 19.3 Å². The molecule has 0 atom stereocenters. The molecule has 0 bridgehead atoms. The second-order valence-electron chi connectivity index (χ2n) is 2.62. The molecule has 0 saturated heterocycles. The Balaban J connectivity index is 2.81. The lowest BCUT2D eigenvalue weighted by molar-refractivity contribution is 0.362. The van der Waals surface area contributed by atoms with Crippen LogP contribution in [0.15, 0.2) is 18.2 Å². The van der Waals surface area contributed by atoms with Crippen LogP contribution >= 0.6 is 0 Å². The maximum Gasteiger partial charge on any atom is 0.148 e. The van der Waals surface area contributed by atoms with Crippen LogP contribution in [-0.2, 0) is 0 Å². The number of hydrogen-bond acceptors (Lipinski definition) is 2. The molecule has 1 aromatic rings. The van der Waals surface area contributed by atoms with Crippen molar-refractivity contribution in [2.24, 2.45) is 0 Å². The van der Waals surface area contributed by atoms with Crippen LogP contribution in [0.3, 0.4) is 0 Å². The van der Waals surface area contributed by atoms with Gasteiger partial charge in [-0.1, -0.05) is 12.0 Å². The van der Waals surface area contributed by atoms with Gasteiger partial charge in [-0.2, -0.15) is 0 Å². The van der Waals surface area contributed by atoms with E-state index in [1.165, 1.54) is 0 Å². The van der Waals surface area contributed by atoms with Gasteiger partial charge in [-0.25, -0.2) is 0 Å². The van der Waals surface area contributed by atoms with Crippen molar-refractivity contribution in [2.75, 3.05) is 13.7 Å². The number of methoxy groups -OCH3 is 1. The minimum Gasteiger partial charge on any atom is -0.496 e. The van der Waals surface area contributed by atoms with E-state index in [9.17, 15) is 0 Å². The summed E-state index contributed by atoms with van der Waals surface area (Å²) in [7, 11) is 1.63. The van der Waals surface area contributed by atoms with Crippen LogP contribution in [-0.4, -0.2) is 13.7 Å². The minimum atomic E-state index is 0.284. The lowest BCUT2D eigenvalue weighted by atomic mass is 10.2. The van der Waals surface area contributed by atoms with E-state index in [4.69, 9.17) is 15.9 Å². The van der Waals surface area contributed by atoms with E-state index >= 15 is 0 Å². The summed E-state index contributed by atoms with van der Waals surface area (Å²) in [5.41, 5.74) is 1.08. The average molecular weight is 176 g/mol. The van der Waals surface area contributed by atoms with Gasteiger partial charge < -0.3 is 9.47 Å². The highest BCUT2D eigenvalue weighted by Crippen LogP contribution is 2.23. The molecule has 0 N–H and O–H groups in total. The Kier molecular flexibility index (Phi) is 3.22. The first-order valence-electron chi connectivity index (χ1n) is 3.99. The van der Waals surface area contributed by atoms with Crippen molar-refractivity contribution >= 4 is 0 Å². The third-order valence-electron chi connectivity index (χ3n) is 1.70. The van der Waals surface area contributed by atoms with E-state index in [-0.39, 0.29) is 6.61 Å². The third-order valence-corrected chi connectivity index (χ3v) is 1.70. The van der Waals surface area contributed by atoms with Crippen LogP contribution in [0.1, 0.15) is 5.56 Å². The summed E-state index contributed by atoms with van der Waals surface area (Å²) in [5, 5.41) is 0. The lowest BCUT2D eigenvalue weighted by Gasteiger charge is -2.07. The molecular weight excluding hydrogens is 164 g/mol. The van der Waals surface area contributed by atoms with Crippen molar-refractivity contribution < 1.29 is 9.47 Å².